The number of aliphatic hydroxyl groups is 1. The number of primary amides is 1. The van der Waals surface area contributed by atoms with Crippen molar-refractivity contribution in [3.8, 4) is 0 Å². The molecule has 132 valence electrons. The molecule has 2 unspecified atom stereocenters. The van der Waals surface area contributed by atoms with Crippen LogP contribution in [0.2, 0.25) is 0 Å². The molecule has 6 nitrogen and oxygen atoms in total. The first-order chi connectivity index (χ1) is 11.0. The molecule has 4 N–H and O–H groups in total. The second-order valence-corrected chi connectivity index (χ2v) is 7.95. The predicted molar refractivity (Wildman–Crippen MR) is 91.0 cm³/mol. The van der Waals surface area contributed by atoms with Gasteiger partial charge in [-0.3, -0.25) is 14.2 Å². The number of carbonyl (C=O) groups excluding carboxylic acids is 1. The fourth-order valence-corrected chi connectivity index (χ4v) is 3.10. The number of rotatable bonds is 8. The fourth-order valence-electron chi connectivity index (χ4n) is 2.48. The van der Waals surface area contributed by atoms with Crippen molar-refractivity contribution >= 4 is 20.3 Å². The van der Waals surface area contributed by atoms with Crippen molar-refractivity contribution in [1.82, 2.24) is 0 Å². The van der Waals surface area contributed by atoms with Crippen molar-refractivity contribution in [2.45, 2.75) is 50.8 Å². The van der Waals surface area contributed by atoms with E-state index in [1.54, 1.807) is 12.1 Å². The Labute approximate surface area is 143 Å². The predicted octanol–water partition coefficient (Wildman–Crippen LogP) is 2.47. The largest absolute Gasteiger partial charge is 0.481 e. The Morgan fingerprint density at radius 1 is 1.21 bits per heavy atom. The third kappa shape index (κ3) is 5.39. The summed E-state index contributed by atoms with van der Waals surface area (Å²) in [5, 5.41) is 17.9. The van der Waals surface area contributed by atoms with Gasteiger partial charge in [0, 0.05) is 12.8 Å². The van der Waals surface area contributed by atoms with Gasteiger partial charge in [-0.2, -0.15) is 0 Å². The fraction of sp³-hybridized carbons (Fsp3) is 0.529. The Bertz CT molecular complexity index is 608. The number of carboxylic acids is 1. The van der Waals surface area contributed by atoms with Gasteiger partial charge in [0.15, 0.2) is 13.8 Å². The zero-order valence-electron chi connectivity index (χ0n) is 14.2. The second kappa shape index (κ2) is 7.86. The molecule has 0 aliphatic heterocycles. The summed E-state index contributed by atoms with van der Waals surface area (Å²) in [6, 6.07) is 7.36. The van der Waals surface area contributed by atoms with E-state index in [0.717, 1.165) is 5.56 Å². The van der Waals surface area contributed by atoms with E-state index in [9.17, 15) is 24.4 Å². The normalized spacial score (nSPS) is 15.7. The van der Waals surface area contributed by atoms with Crippen molar-refractivity contribution < 1.29 is 24.4 Å². The highest BCUT2D eigenvalue weighted by atomic mass is 31.1. The molecule has 1 aromatic rings. The molecule has 0 saturated carbocycles. The van der Waals surface area contributed by atoms with E-state index in [1.807, 2.05) is 12.1 Å². The van der Waals surface area contributed by atoms with E-state index in [0.29, 0.717) is 5.56 Å². The summed E-state index contributed by atoms with van der Waals surface area (Å²) in [6.45, 7) is 6.21. The van der Waals surface area contributed by atoms with Gasteiger partial charge in [-0.05, 0) is 23.0 Å². The van der Waals surface area contributed by atoms with Crippen LogP contribution in [0.3, 0.4) is 0 Å². The molecule has 0 bridgehead atoms. The van der Waals surface area contributed by atoms with Gasteiger partial charge < -0.3 is 15.9 Å². The third-order valence-corrected chi connectivity index (χ3v) is 4.76. The number of benzene rings is 1. The Morgan fingerprint density at radius 3 is 2.12 bits per heavy atom. The lowest BCUT2D eigenvalue weighted by atomic mass is 9.85. The van der Waals surface area contributed by atoms with Gasteiger partial charge >= 0.3 is 5.97 Å². The van der Waals surface area contributed by atoms with Gasteiger partial charge in [0.1, 0.15) is 0 Å². The Balaban J connectivity index is 3.02. The molecule has 0 aromatic heterocycles. The van der Waals surface area contributed by atoms with E-state index in [-0.39, 0.29) is 24.7 Å². The Hall–Kier alpha value is -1.78. The SMILES string of the molecule is CC(C)(C)c1ccc(CC(O)(P=O)C(CCC(N)=O)C(=O)O)cc1. The summed E-state index contributed by atoms with van der Waals surface area (Å²) < 4.78 is 11.5. The molecule has 0 radical (unpaired) electrons. The molecule has 1 aromatic carbocycles. The van der Waals surface area contributed by atoms with E-state index >= 15 is 0 Å². The standard InChI is InChI=1S/C17H24NO5P/c1-16(2,3)12-6-4-11(5-7-12)10-17(22,24-23)13(15(20)21)8-9-14(18)19/h4-7,13,22H,8-10H2,1-3H3,(H2,18,19)(H,20,21). The van der Waals surface area contributed by atoms with Gasteiger partial charge in [0.05, 0.1) is 5.92 Å². The van der Waals surface area contributed by atoms with Crippen LogP contribution in [0.5, 0.6) is 0 Å². The molecular formula is C17H24NO5P. The monoisotopic (exact) mass is 353 g/mol. The molecular weight excluding hydrogens is 329 g/mol. The number of nitrogens with two attached hydrogens (primary N) is 1. The summed E-state index contributed by atoms with van der Waals surface area (Å²) in [5.41, 5.74) is 6.77. The molecule has 0 aliphatic rings. The summed E-state index contributed by atoms with van der Waals surface area (Å²) in [4.78, 5) is 22.3. The van der Waals surface area contributed by atoms with Crippen molar-refractivity contribution in [3.63, 3.8) is 0 Å². The first-order valence-corrected chi connectivity index (χ1v) is 8.48. The summed E-state index contributed by atoms with van der Waals surface area (Å²) in [6.07, 6.45) is -0.466. The Morgan fingerprint density at radius 2 is 1.75 bits per heavy atom. The minimum absolute atomic E-state index is 0.0310. The summed E-state index contributed by atoms with van der Waals surface area (Å²) in [5.74, 6) is -3.33. The number of aliphatic carboxylic acids is 1. The maximum Gasteiger partial charge on any atom is 0.310 e. The van der Waals surface area contributed by atoms with Crippen LogP contribution in [0.25, 0.3) is 0 Å². The lowest BCUT2D eigenvalue weighted by Crippen LogP contribution is -2.40. The zero-order chi connectivity index (χ0) is 18.5. The molecule has 0 aliphatic carbocycles. The smallest absolute Gasteiger partial charge is 0.310 e. The number of hydrogen-bond donors (Lipinski definition) is 3. The minimum Gasteiger partial charge on any atom is -0.481 e. The van der Waals surface area contributed by atoms with Crippen LogP contribution in [0.15, 0.2) is 24.3 Å². The molecule has 24 heavy (non-hydrogen) atoms. The third-order valence-electron chi connectivity index (χ3n) is 3.98. The van der Waals surface area contributed by atoms with Crippen LogP contribution in [0.4, 0.5) is 0 Å². The first kappa shape index (κ1) is 20.3. The maximum absolute atomic E-state index is 11.5. The molecule has 0 fully saturated rings. The number of carboxylic acid groups (broad SMARTS) is 1. The number of carbonyl (C=O) groups is 2. The number of amides is 1. The highest BCUT2D eigenvalue weighted by molar-refractivity contribution is 7.25. The molecule has 7 heteroatoms. The van der Waals surface area contributed by atoms with Crippen molar-refractivity contribution in [1.29, 1.82) is 0 Å². The van der Waals surface area contributed by atoms with E-state index in [4.69, 9.17) is 5.73 Å². The molecule has 1 amide bonds. The highest BCUT2D eigenvalue weighted by Gasteiger charge is 2.42. The van der Waals surface area contributed by atoms with Gasteiger partial charge in [-0.25, -0.2) is 0 Å². The van der Waals surface area contributed by atoms with Crippen LogP contribution in [0, 0.1) is 5.92 Å². The average molecular weight is 353 g/mol. The second-order valence-electron chi connectivity index (χ2n) is 6.99. The van der Waals surface area contributed by atoms with E-state index in [2.05, 4.69) is 20.8 Å². The summed E-state index contributed by atoms with van der Waals surface area (Å²) >= 11 is 0. The van der Waals surface area contributed by atoms with Gasteiger partial charge in [0.25, 0.3) is 0 Å². The van der Waals surface area contributed by atoms with Crippen LogP contribution >= 0.6 is 8.46 Å². The van der Waals surface area contributed by atoms with E-state index < -0.39 is 31.6 Å². The van der Waals surface area contributed by atoms with Gasteiger partial charge in [-0.15, -0.1) is 0 Å². The van der Waals surface area contributed by atoms with Crippen LogP contribution in [-0.4, -0.2) is 27.4 Å². The van der Waals surface area contributed by atoms with Crippen molar-refractivity contribution in [2.75, 3.05) is 0 Å². The minimum atomic E-state index is -2.00. The quantitative estimate of drug-likeness (QED) is 0.621. The van der Waals surface area contributed by atoms with Crippen LogP contribution < -0.4 is 5.73 Å². The molecule has 0 heterocycles. The average Bonchev–Trinajstić information content (AvgIpc) is 2.46. The van der Waals surface area contributed by atoms with Crippen molar-refractivity contribution in [2.24, 2.45) is 11.7 Å². The lowest BCUT2D eigenvalue weighted by molar-refractivity contribution is -0.147. The van der Waals surface area contributed by atoms with E-state index in [1.165, 1.54) is 0 Å². The zero-order valence-corrected chi connectivity index (χ0v) is 15.0. The molecule has 0 spiro atoms. The maximum atomic E-state index is 11.5. The molecule has 1 rings (SSSR count). The van der Waals surface area contributed by atoms with Crippen LogP contribution in [0.1, 0.15) is 44.7 Å². The van der Waals surface area contributed by atoms with Crippen molar-refractivity contribution in [3.05, 3.63) is 35.4 Å². The molecule has 2 atom stereocenters. The summed E-state index contributed by atoms with van der Waals surface area (Å²) in [7, 11) is -0.700. The topological polar surface area (TPSA) is 118 Å². The van der Waals surface area contributed by atoms with Gasteiger partial charge in [0.2, 0.25) is 5.91 Å². The Kier molecular flexibility index (Phi) is 6.64. The first-order valence-electron chi connectivity index (χ1n) is 7.67. The van der Waals surface area contributed by atoms with Gasteiger partial charge in [-0.1, -0.05) is 45.0 Å². The number of hydrogen-bond acceptors (Lipinski definition) is 4. The molecule has 0 saturated heterocycles. The lowest BCUT2D eigenvalue weighted by Gasteiger charge is -2.28. The van der Waals surface area contributed by atoms with Crippen LogP contribution in [-0.2, 0) is 26.0 Å². The highest BCUT2D eigenvalue weighted by Crippen LogP contribution is 2.36.